The van der Waals surface area contributed by atoms with Gasteiger partial charge in [0.2, 0.25) is 5.91 Å². The van der Waals surface area contributed by atoms with Gasteiger partial charge in [0.05, 0.1) is 0 Å². The Bertz CT molecular complexity index is 602. The second-order valence-electron chi connectivity index (χ2n) is 6.85. The molecule has 24 heavy (non-hydrogen) atoms. The standard InChI is InChI=1S/C19H27N3O2/c1-15-6-2-3-8-17(15)19(24)20-10-9-18(23)22-13-5-12-21-11-4-7-16(21)14-22/h2-3,6,8,16H,4-5,7,9-14H2,1H3,(H,20,24)/t16-/m0/s1. The average Bonchev–Trinajstić information content (AvgIpc) is 2.91. The maximum Gasteiger partial charge on any atom is 0.251 e. The monoisotopic (exact) mass is 329 g/mol. The third-order valence-corrected chi connectivity index (χ3v) is 5.17. The van der Waals surface area contributed by atoms with Gasteiger partial charge in [-0.2, -0.15) is 0 Å². The van der Waals surface area contributed by atoms with Gasteiger partial charge in [0, 0.05) is 44.2 Å². The van der Waals surface area contributed by atoms with Gasteiger partial charge in [-0.15, -0.1) is 0 Å². The molecular weight excluding hydrogens is 302 g/mol. The van der Waals surface area contributed by atoms with Crippen LogP contribution in [0.1, 0.15) is 41.6 Å². The van der Waals surface area contributed by atoms with E-state index in [9.17, 15) is 9.59 Å². The predicted octanol–water partition coefficient (Wildman–Crippen LogP) is 1.81. The lowest BCUT2D eigenvalue weighted by Crippen LogP contribution is -2.40. The molecule has 130 valence electrons. The average molecular weight is 329 g/mol. The smallest absolute Gasteiger partial charge is 0.251 e. The van der Waals surface area contributed by atoms with Gasteiger partial charge in [-0.1, -0.05) is 18.2 Å². The van der Waals surface area contributed by atoms with Crippen molar-refractivity contribution in [2.24, 2.45) is 0 Å². The Balaban J connectivity index is 1.47. The quantitative estimate of drug-likeness (QED) is 0.917. The second-order valence-corrected chi connectivity index (χ2v) is 6.85. The van der Waals surface area contributed by atoms with Crippen LogP contribution in [0.4, 0.5) is 0 Å². The highest BCUT2D eigenvalue weighted by atomic mass is 16.2. The topological polar surface area (TPSA) is 52.7 Å². The van der Waals surface area contributed by atoms with Gasteiger partial charge >= 0.3 is 0 Å². The fraction of sp³-hybridized carbons (Fsp3) is 0.579. The van der Waals surface area contributed by atoms with Gasteiger partial charge in [0.15, 0.2) is 0 Å². The predicted molar refractivity (Wildman–Crippen MR) is 93.9 cm³/mol. The Kier molecular flexibility index (Phi) is 5.51. The third-order valence-electron chi connectivity index (χ3n) is 5.17. The van der Waals surface area contributed by atoms with Gasteiger partial charge in [0.25, 0.3) is 5.91 Å². The lowest BCUT2D eigenvalue weighted by molar-refractivity contribution is -0.131. The maximum absolute atomic E-state index is 12.5. The van der Waals surface area contributed by atoms with Gasteiger partial charge < -0.3 is 10.2 Å². The van der Waals surface area contributed by atoms with Crippen molar-refractivity contribution in [1.29, 1.82) is 0 Å². The first-order chi connectivity index (χ1) is 11.6. The molecule has 5 heteroatoms. The highest BCUT2D eigenvalue weighted by Crippen LogP contribution is 2.21. The molecule has 0 unspecified atom stereocenters. The van der Waals surface area contributed by atoms with Crippen LogP contribution in [-0.2, 0) is 4.79 Å². The summed E-state index contributed by atoms with van der Waals surface area (Å²) in [7, 11) is 0. The summed E-state index contributed by atoms with van der Waals surface area (Å²) in [6, 6.07) is 8.05. The van der Waals surface area contributed by atoms with Gasteiger partial charge in [-0.3, -0.25) is 14.5 Å². The largest absolute Gasteiger partial charge is 0.352 e. The molecular formula is C19H27N3O2. The first kappa shape index (κ1) is 17.0. The molecule has 2 heterocycles. The SMILES string of the molecule is Cc1ccccc1C(=O)NCCC(=O)N1CCCN2CCC[C@H]2C1. The Morgan fingerprint density at radius 1 is 1.17 bits per heavy atom. The minimum absolute atomic E-state index is 0.0984. The lowest BCUT2D eigenvalue weighted by Gasteiger charge is -2.25. The van der Waals surface area contributed by atoms with Gasteiger partial charge in [-0.05, 0) is 44.4 Å². The highest BCUT2D eigenvalue weighted by molar-refractivity contribution is 5.95. The van der Waals surface area contributed by atoms with Crippen LogP contribution in [-0.4, -0.2) is 60.4 Å². The van der Waals surface area contributed by atoms with Crippen molar-refractivity contribution in [3.63, 3.8) is 0 Å². The molecule has 2 aliphatic heterocycles. The first-order valence-corrected chi connectivity index (χ1v) is 9.01. The molecule has 2 aliphatic rings. The minimum Gasteiger partial charge on any atom is -0.352 e. The maximum atomic E-state index is 12.5. The fourth-order valence-electron chi connectivity index (χ4n) is 3.80. The minimum atomic E-state index is -0.0984. The number of aryl methyl sites for hydroxylation is 1. The summed E-state index contributed by atoms with van der Waals surface area (Å²) in [5, 5.41) is 2.87. The van der Waals surface area contributed by atoms with Crippen LogP contribution in [0.15, 0.2) is 24.3 Å². The third kappa shape index (κ3) is 3.96. The molecule has 1 aromatic carbocycles. The zero-order valence-corrected chi connectivity index (χ0v) is 14.5. The number of carbonyl (C=O) groups excluding carboxylic acids is 2. The van der Waals surface area contributed by atoms with Crippen molar-refractivity contribution in [3.05, 3.63) is 35.4 Å². The Labute approximate surface area is 144 Å². The van der Waals surface area contributed by atoms with Crippen LogP contribution in [0.2, 0.25) is 0 Å². The van der Waals surface area contributed by atoms with E-state index in [1.807, 2.05) is 36.1 Å². The molecule has 1 N–H and O–H groups in total. The van der Waals surface area contributed by atoms with Crippen LogP contribution in [0.3, 0.4) is 0 Å². The Hall–Kier alpha value is -1.88. The zero-order valence-electron chi connectivity index (χ0n) is 14.5. The molecule has 1 atom stereocenters. The summed E-state index contributed by atoms with van der Waals surface area (Å²) in [5.74, 6) is 0.0626. The van der Waals surface area contributed by atoms with E-state index in [0.717, 1.165) is 31.6 Å². The molecule has 2 fully saturated rings. The van der Waals surface area contributed by atoms with Crippen molar-refractivity contribution in [1.82, 2.24) is 15.1 Å². The zero-order chi connectivity index (χ0) is 16.9. The van der Waals surface area contributed by atoms with Crippen molar-refractivity contribution >= 4 is 11.8 Å². The number of nitrogens with zero attached hydrogens (tertiary/aromatic N) is 2. The lowest BCUT2D eigenvalue weighted by atomic mass is 10.1. The van der Waals surface area contributed by atoms with Crippen molar-refractivity contribution in [2.45, 2.75) is 38.6 Å². The van der Waals surface area contributed by atoms with E-state index < -0.39 is 0 Å². The number of hydrogen-bond acceptors (Lipinski definition) is 3. The summed E-state index contributed by atoms with van der Waals surface area (Å²) in [5.41, 5.74) is 1.64. The number of benzene rings is 1. The van der Waals surface area contributed by atoms with Gasteiger partial charge in [-0.25, -0.2) is 0 Å². The molecule has 0 aromatic heterocycles. The first-order valence-electron chi connectivity index (χ1n) is 9.01. The number of hydrogen-bond donors (Lipinski definition) is 1. The van der Waals surface area contributed by atoms with Crippen LogP contribution in [0, 0.1) is 6.92 Å². The molecule has 0 aliphatic carbocycles. The molecule has 1 aromatic rings. The van der Waals surface area contributed by atoms with Crippen molar-refractivity contribution in [2.75, 3.05) is 32.7 Å². The number of carbonyl (C=O) groups is 2. The second kappa shape index (κ2) is 7.79. The molecule has 0 saturated carbocycles. The molecule has 5 nitrogen and oxygen atoms in total. The molecule has 0 radical (unpaired) electrons. The van der Waals surface area contributed by atoms with E-state index in [1.54, 1.807) is 0 Å². The molecule has 3 rings (SSSR count). The summed E-state index contributed by atoms with van der Waals surface area (Å²) < 4.78 is 0. The van der Waals surface area contributed by atoms with Crippen LogP contribution in [0.25, 0.3) is 0 Å². The van der Waals surface area contributed by atoms with Crippen molar-refractivity contribution in [3.8, 4) is 0 Å². The fourth-order valence-corrected chi connectivity index (χ4v) is 3.80. The highest BCUT2D eigenvalue weighted by Gasteiger charge is 2.30. The number of amides is 2. The number of nitrogens with one attached hydrogen (secondary N) is 1. The molecule has 0 spiro atoms. The molecule has 0 bridgehead atoms. The van der Waals surface area contributed by atoms with E-state index in [-0.39, 0.29) is 11.8 Å². The molecule has 2 amide bonds. The van der Waals surface area contributed by atoms with Gasteiger partial charge in [0.1, 0.15) is 0 Å². The van der Waals surface area contributed by atoms with Crippen LogP contribution in [0.5, 0.6) is 0 Å². The van der Waals surface area contributed by atoms with E-state index in [2.05, 4.69) is 10.2 Å². The van der Waals surface area contributed by atoms with E-state index in [4.69, 9.17) is 0 Å². The van der Waals surface area contributed by atoms with Crippen molar-refractivity contribution < 1.29 is 9.59 Å². The van der Waals surface area contributed by atoms with E-state index in [0.29, 0.717) is 24.6 Å². The van der Waals surface area contributed by atoms with Crippen LogP contribution >= 0.6 is 0 Å². The summed E-state index contributed by atoms with van der Waals surface area (Å²) in [6.45, 7) is 6.31. The molecule has 2 saturated heterocycles. The van der Waals surface area contributed by atoms with Crippen LogP contribution < -0.4 is 5.32 Å². The summed E-state index contributed by atoms with van der Waals surface area (Å²) in [4.78, 5) is 29.2. The normalized spacial score (nSPS) is 21.2. The summed E-state index contributed by atoms with van der Waals surface area (Å²) >= 11 is 0. The Morgan fingerprint density at radius 2 is 1.96 bits per heavy atom. The Morgan fingerprint density at radius 3 is 2.79 bits per heavy atom. The van der Waals surface area contributed by atoms with E-state index in [1.165, 1.54) is 19.4 Å². The van der Waals surface area contributed by atoms with E-state index >= 15 is 0 Å². The summed E-state index contributed by atoms with van der Waals surface area (Å²) in [6.07, 6.45) is 3.88. The number of fused-ring (bicyclic) bond motifs is 1. The number of rotatable bonds is 4.